The van der Waals surface area contributed by atoms with Gasteiger partial charge in [-0.3, -0.25) is 0 Å². The molecule has 0 N–H and O–H groups in total. The Morgan fingerprint density at radius 2 is 2.40 bits per heavy atom. The second kappa shape index (κ2) is 4.45. The number of nitrogens with zero attached hydrogens (tertiary/aromatic N) is 1. The van der Waals surface area contributed by atoms with E-state index in [1.807, 2.05) is 11.6 Å². The van der Waals surface area contributed by atoms with Crippen molar-refractivity contribution in [3.63, 3.8) is 0 Å². The molecule has 0 saturated carbocycles. The average molecular weight is 154 g/mol. The van der Waals surface area contributed by atoms with Crippen LogP contribution in [0.5, 0.6) is 0 Å². The zero-order valence-electron chi connectivity index (χ0n) is 6.05. The smallest absolute Gasteiger partial charge is 0.0924 e. The Bertz CT molecular complexity index is 158. The van der Waals surface area contributed by atoms with Gasteiger partial charge in [-0.05, 0) is 12.8 Å². The maximum atomic E-state index is 4.19. The van der Waals surface area contributed by atoms with Crippen molar-refractivity contribution < 1.29 is 0 Å². The van der Waals surface area contributed by atoms with Crippen LogP contribution in [0, 0.1) is 6.92 Å². The molecule has 55 valence electrons. The first-order chi connectivity index (χ1) is 4.93. The number of hydrogen-bond donors (Lipinski definition) is 0. The molecule has 0 aliphatic carbocycles. The fourth-order valence-electron chi connectivity index (χ4n) is 0.829. The van der Waals surface area contributed by atoms with Crippen molar-refractivity contribution >= 4 is 11.3 Å². The van der Waals surface area contributed by atoms with Gasteiger partial charge in [0.25, 0.3) is 0 Å². The summed E-state index contributed by atoms with van der Waals surface area (Å²) < 4.78 is 0. The molecule has 1 rings (SSSR count). The van der Waals surface area contributed by atoms with E-state index in [4.69, 9.17) is 0 Å². The standard InChI is InChI=1S/C8H12NS/c1-2-3-4-5-8-9-6-7-10-8/h6-7H,1-5H2. The van der Waals surface area contributed by atoms with Gasteiger partial charge >= 0.3 is 0 Å². The van der Waals surface area contributed by atoms with E-state index in [1.54, 1.807) is 11.3 Å². The molecule has 1 aromatic rings. The summed E-state index contributed by atoms with van der Waals surface area (Å²) in [7, 11) is 0. The Morgan fingerprint density at radius 3 is 3.00 bits per heavy atom. The number of unbranched alkanes of at least 4 members (excludes halogenated alkanes) is 2. The molecule has 1 aromatic heterocycles. The highest BCUT2D eigenvalue weighted by molar-refractivity contribution is 7.09. The number of aryl methyl sites for hydroxylation is 1. The SMILES string of the molecule is [CH2]CCCCc1nccs1. The van der Waals surface area contributed by atoms with E-state index in [-0.39, 0.29) is 0 Å². The van der Waals surface area contributed by atoms with Crippen molar-refractivity contribution in [2.24, 2.45) is 0 Å². The summed E-state index contributed by atoms with van der Waals surface area (Å²) in [5, 5.41) is 3.29. The maximum Gasteiger partial charge on any atom is 0.0924 e. The van der Waals surface area contributed by atoms with Crippen LogP contribution >= 0.6 is 11.3 Å². The lowest BCUT2D eigenvalue weighted by Crippen LogP contribution is -1.82. The lowest BCUT2D eigenvalue weighted by molar-refractivity contribution is 0.743. The van der Waals surface area contributed by atoms with Crippen LogP contribution in [-0.4, -0.2) is 4.98 Å². The average Bonchev–Trinajstić information content (AvgIpc) is 2.41. The second-order valence-corrected chi connectivity index (χ2v) is 3.22. The molecule has 0 amide bonds. The molecule has 0 spiro atoms. The van der Waals surface area contributed by atoms with Crippen LogP contribution in [0.15, 0.2) is 11.6 Å². The molecule has 1 nitrogen and oxygen atoms in total. The molecule has 1 radical (unpaired) electrons. The van der Waals surface area contributed by atoms with Crippen molar-refractivity contribution in [3.8, 4) is 0 Å². The molecular weight excluding hydrogens is 142 g/mol. The maximum absolute atomic E-state index is 4.19. The lowest BCUT2D eigenvalue weighted by atomic mass is 10.2. The number of hydrogen-bond acceptors (Lipinski definition) is 2. The van der Waals surface area contributed by atoms with Crippen LogP contribution in [-0.2, 0) is 6.42 Å². The van der Waals surface area contributed by atoms with E-state index < -0.39 is 0 Å². The highest BCUT2D eigenvalue weighted by Crippen LogP contribution is 2.08. The van der Waals surface area contributed by atoms with Crippen molar-refractivity contribution in [2.45, 2.75) is 25.7 Å². The van der Waals surface area contributed by atoms with Gasteiger partial charge in [-0.1, -0.05) is 19.8 Å². The van der Waals surface area contributed by atoms with Gasteiger partial charge in [0.2, 0.25) is 0 Å². The monoisotopic (exact) mass is 154 g/mol. The summed E-state index contributed by atoms with van der Waals surface area (Å²) in [6, 6.07) is 0. The Balaban J connectivity index is 2.15. The molecule has 2 heteroatoms. The quantitative estimate of drug-likeness (QED) is 0.608. The topological polar surface area (TPSA) is 12.9 Å². The highest BCUT2D eigenvalue weighted by Gasteiger charge is 1.92. The Labute approximate surface area is 66.1 Å². The van der Waals surface area contributed by atoms with Crippen LogP contribution in [0.4, 0.5) is 0 Å². The molecule has 0 aromatic carbocycles. The van der Waals surface area contributed by atoms with Gasteiger partial charge in [-0.2, -0.15) is 0 Å². The molecule has 0 saturated heterocycles. The van der Waals surface area contributed by atoms with E-state index in [0.29, 0.717) is 0 Å². The molecule has 0 unspecified atom stereocenters. The summed E-state index contributed by atoms with van der Waals surface area (Å²) in [5.74, 6) is 0. The van der Waals surface area contributed by atoms with Crippen LogP contribution in [0.1, 0.15) is 24.3 Å². The van der Waals surface area contributed by atoms with Crippen LogP contribution in [0.25, 0.3) is 0 Å². The number of rotatable bonds is 4. The fourth-order valence-corrected chi connectivity index (χ4v) is 1.49. The Morgan fingerprint density at radius 1 is 1.50 bits per heavy atom. The summed E-state index contributed by atoms with van der Waals surface area (Å²) in [6.45, 7) is 3.79. The second-order valence-electron chi connectivity index (χ2n) is 2.24. The van der Waals surface area contributed by atoms with Crippen LogP contribution in [0.2, 0.25) is 0 Å². The third-order valence-corrected chi connectivity index (χ3v) is 2.21. The van der Waals surface area contributed by atoms with Gasteiger partial charge in [-0.15, -0.1) is 11.3 Å². The molecule has 0 bridgehead atoms. The molecular formula is C8H12NS. The number of aromatic nitrogens is 1. The van der Waals surface area contributed by atoms with Gasteiger partial charge in [0.15, 0.2) is 0 Å². The first kappa shape index (κ1) is 7.73. The Hall–Kier alpha value is -0.370. The van der Waals surface area contributed by atoms with E-state index >= 15 is 0 Å². The molecule has 10 heavy (non-hydrogen) atoms. The van der Waals surface area contributed by atoms with Crippen molar-refractivity contribution in [3.05, 3.63) is 23.5 Å². The normalized spacial score (nSPS) is 10.1. The largest absolute Gasteiger partial charge is 0.250 e. The minimum absolute atomic E-state index is 1.05. The van der Waals surface area contributed by atoms with E-state index in [9.17, 15) is 0 Å². The predicted molar refractivity (Wildman–Crippen MR) is 45.0 cm³/mol. The number of thiazole rings is 1. The first-order valence-electron chi connectivity index (χ1n) is 3.61. The van der Waals surface area contributed by atoms with Crippen molar-refractivity contribution in [2.75, 3.05) is 0 Å². The summed E-state index contributed by atoms with van der Waals surface area (Å²) in [6.07, 6.45) is 6.50. The zero-order chi connectivity index (χ0) is 7.23. The highest BCUT2D eigenvalue weighted by atomic mass is 32.1. The summed E-state index contributed by atoms with van der Waals surface area (Å²) >= 11 is 1.74. The predicted octanol–water partition coefficient (Wildman–Crippen LogP) is 2.69. The summed E-state index contributed by atoms with van der Waals surface area (Å²) in [5.41, 5.74) is 0. The van der Waals surface area contributed by atoms with E-state index in [2.05, 4.69) is 11.9 Å². The van der Waals surface area contributed by atoms with Crippen LogP contribution in [0.3, 0.4) is 0 Å². The Kier molecular flexibility index (Phi) is 3.44. The molecule has 1 heterocycles. The third kappa shape index (κ3) is 2.48. The minimum atomic E-state index is 1.05. The fraction of sp³-hybridized carbons (Fsp3) is 0.500. The first-order valence-corrected chi connectivity index (χ1v) is 4.49. The van der Waals surface area contributed by atoms with Crippen molar-refractivity contribution in [1.29, 1.82) is 0 Å². The molecule has 0 aliphatic rings. The zero-order valence-corrected chi connectivity index (χ0v) is 6.86. The molecule has 0 fully saturated rings. The lowest BCUT2D eigenvalue weighted by Gasteiger charge is -1.92. The van der Waals surface area contributed by atoms with E-state index in [0.717, 1.165) is 12.8 Å². The summed E-state index contributed by atoms with van der Waals surface area (Å²) in [4.78, 5) is 4.19. The van der Waals surface area contributed by atoms with E-state index in [1.165, 1.54) is 17.8 Å². The van der Waals surface area contributed by atoms with Gasteiger partial charge in [-0.25, -0.2) is 4.98 Å². The van der Waals surface area contributed by atoms with Crippen molar-refractivity contribution in [1.82, 2.24) is 4.98 Å². The van der Waals surface area contributed by atoms with Gasteiger partial charge < -0.3 is 0 Å². The van der Waals surface area contributed by atoms with Gasteiger partial charge in [0.1, 0.15) is 0 Å². The van der Waals surface area contributed by atoms with Crippen LogP contribution < -0.4 is 0 Å². The van der Waals surface area contributed by atoms with Gasteiger partial charge in [0.05, 0.1) is 5.01 Å². The minimum Gasteiger partial charge on any atom is -0.250 e. The van der Waals surface area contributed by atoms with Gasteiger partial charge in [0, 0.05) is 11.6 Å². The third-order valence-electron chi connectivity index (χ3n) is 1.37. The molecule has 0 aliphatic heterocycles. The molecule has 0 atom stereocenters.